The topological polar surface area (TPSA) is 0 Å². The Bertz CT molecular complexity index is 233. The van der Waals surface area contributed by atoms with Gasteiger partial charge in [0.2, 0.25) is 0 Å². The van der Waals surface area contributed by atoms with Gasteiger partial charge >= 0.3 is 32.7 Å². The summed E-state index contributed by atoms with van der Waals surface area (Å²) < 4.78 is 0. The summed E-state index contributed by atoms with van der Waals surface area (Å²) in [4.78, 5) is 0. The molecule has 2 heteroatoms. The van der Waals surface area contributed by atoms with E-state index in [0.29, 0.717) is 0 Å². The Morgan fingerprint density at radius 2 is 1.82 bits per heavy atom. The van der Waals surface area contributed by atoms with Gasteiger partial charge in [0, 0.05) is 0 Å². The van der Waals surface area contributed by atoms with Gasteiger partial charge in [-0.3, -0.25) is 0 Å². The predicted molar refractivity (Wildman–Crippen MR) is 44.9 cm³/mol. The van der Waals surface area contributed by atoms with E-state index in [1.165, 1.54) is 0 Å². The first-order valence-corrected chi connectivity index (χ1v) is 3.37. The van der Waals surface area contributed by atoms with E-state index in [0.717, 1.165) is 22.2 Å². The first-order valence-electron chi connectivity index (χ1n) is 3.37. The van der Waals surface area contributed by atoms with Crippen LogP contribution in [0.2, 0.25) is 0 Å². The van der Waals surface area contributed by atoms with Crippen molar-refractivity contribution >= 4 is 13.3 Å². The molecule has 50 valence electrons. The zero-order valence-electron chi connectivity index (χ0n) is 7.23. The normalized spacial score (nSPS) is 9.00. The van der Waals surface area contributed by atoms with Crippen molar-refractivity contribution in [2.45, 2.75) is 20.8 Å². The monoisotopic (exact) mass is 218 g/mol. The maximum atomic E-state index is 5.70. The summed E-state index contributed by atoms with van der Waals surface area (Å²) >= 11 is 0. The second-order valence-electron chi connectivity index (χ2n) is 2.66. The number of aryl methyl sites for hydroxylation is 2. The first-order chi connectivity index (χ1) is 4.61. The summed E-state index contributed by atoms with van der Waals surface area (Å²) in [6.45, 7) is 6.04. The van der Waals surface area contributed by atoms with Gasteiger partial charge in [-0.25, -0.2) is 0 Å². The van der Waals surface area contributed by atoms with Crippen LogP contribution in [0.4, 0.5) is 0 Å². The predicted octanol–water partition coefficient (Wildman–Crippen LogP) is 1.20. The molecule has 0 heterocycles. The van der Waals surface area contributed by atoms with Gasteiger partial charge in [0.05, 0.1) is 7.85 Å². The second kappa shape index (κ2) is 4.42. The molecule has 0 aliphatic heterocycles. The van der Waals surface area contributed by atoms with Crippen LogP contribution in [0.5, 0.6) is 0 Å². The summed E-state index contributed by atoms with van der Waals surface area (Å²) in [5.41, 5.74) is 4.28. The Morgan fingerprint density at radius 3 is 2.27 bits per heavy atom. The summed E-state index contributed by atoms with van der Waals surface area (Å²) in [5.74, 6) is 0. The maximum absolute atomic E-state index is 5.70. The van der Waals surface area contributed by atoms with Gasteiger partial charge in [0.1, 0.15) is 0 Å². The molecule has 1 aromatic rings. The Balaban J connectivity index is 0.000001000. The molecular formula is C9H10BY+2. The Morgan fingerprint density at radius 1 is 1.27 bits per heavy atom. The van der Waals surface area contributed by atoms with E-state index in [1.807, 2.05) is 26.8 Å². The summed E-state index contributed by atoms with van der Waals surface area (Å²) in [5, 5.41) is 0. The van der Waals surface area contributed by atoms with Gasteiger partial charge < -0.3 is 0 Å². The third-order valence-electron chi connectivity index (χ3n) is 1.75. The van der Waals surface area contributed by atoms with Crippen molar-refractivity contribution in [1.29, 1.82) is 0 Å². The third kappa shape index (κ3) is 2.72. The quantitative estimate of drug-likeness (QED) is 0.453. The zero-order valence-corrected chi connectivity index (χ0v) is 10.1. The first kappa shape index (κ1) is 11.4. The van der Waals surface area contributed by atoms with Gasteiger partial charge in [-0.2, -0.15) is 34.3 Å². The molecule has 0 aliphatic carbocycles. The molecule has 0 fully saturated rings. The molecule has 0 saturated heterocycles. The average molecular weight is 218 g/mol. The molecule has 0 spiro atoms. The molecule has 2 radical (unpaired) electrons. The van der Waals surface area contributed by atoms with Crippen LogP contribution < -0.4 is 5.46 Å². The fourth-order valence-corrected chi connectivity index (χ4v) is 0.984. The number of hydrogen-bond acceptors (Lipinski definition) is 0. The van der Waals surface area contributed by atoms with E-state index >= 15 is 0 Å². The van der Waals surface area contributed by atoms with E-state index in [2.05, 4.69) is 6.07 Å². The van der Waals surface area contributed by atoms with E-state index in [4.69, 9.17) is 7.85 Å². The van der Waals surface area contributed by atoms with Crippen LogP contribution in [0, 0.1) is 26.8 Å². The largest absolute Gasteiger partial charge is 3.00 e. The van der Waals surface area contributed by atoms with Crippen molar-refractivity contribution in [1.82, 2.24) is 0 Å². The average Bonchev–Trinajstić information content (AvgIpc) is 1.82. The standard InChI is InChI=1S/C9H10B.Y/c1-6-4-7(2)8(3)9(10)5-6;/h5H,1-3H3;/q-1;+3. The summed E-state index contributed by atoms with van der Waals surface area (Å²) in [6.07, 6.45) is 0. The molecule has 0 atom stereocenters. The van der Waals surface area contributed by atoms with Crippen LogP contribution in [0.25, 0.3) is 0 Å². The third-order valence-corrected chi connectivity index (χ3v) is 1.75. The second-order valence-corrected chi connectivity index (χ2v) is 2.66. The van der Waals surface area contributed by atoms with Gasteiger partial charge in [-0.1, -0.05) is 20.8 Å². The molecule has 0 aliphatic rings. The van der Waals surface area contributed by atoms with E-state index in [9.17, 15) is 0 Å². The van der Waals surface area contributed by atoms with E-state index < -0.39 is 0 Å². The van der Waals surface area contributed by atoms with Crippen LogP contribution in [0.15, 0.2) is 6.07 Å². The fourth-order valence-electron chi connectivity index (χ4n) is 0.984. The van der Waals surface area contributed by atoms with Crippen LogP contribution in [0.3, 0.4) is 0 Å². The Kier molecular flexibility index (Phi) is 4.58. The van der Waals surface area contributed by atoms with Crippen LogP contribution in [-0.4, -0.2) is 7.85 Å². The zero-order chi connectivity index (χ0) is 7.72. The minimum Gasteiger partial charge on any atom is -0.198 e. The Labute approximate surface area is 95.1 Å². The molecule has 0 nitrogen and oxygen atoms in total. The molecular weight excluding hydrogens is 208 g/mol. The minimum absolute atomic E-state index is 0. The van der Waals surface area contributed by atoms with Crippen molar-refractivity contribution in [2.24, 2.45) is 0 Å². The molecule has 0 amide bonds. The van der Waals surface area contributed by atoms with Crippen LogP contribution in [0.1, 0.15) is 16.7 Å². The molecule has 0 unspecified atom stereocenters. The molecule has 0 saturated carbocycles. The Hall–Kier alpha value is 0.389. The molecule has 0 N–H and O–H groups in total. The van der Waals surface area contributed by atoms with Crippen molar-refractivity contribution in [3.8, 4) is 0 Å². The van der Waals surface area contributed by atoms with Crippen molar-refractivity contribution < 1.29 is 32.7 Å². The number of hydrogen-bond donors (Lipinski definition) is 0. The van der Waals surface area contributed by atoms with Gasteiger partial charge in [-0.15, -0.1) is 0 Å². The van der Waals surface area contributed by atoms with Crippen molar-refractivity contribution in [3.05, 3.63) is 28.8 Å². The molecule has 0 aromatic heterocycles. The molecule has 1 rings (SSSR count). The molecule has 1 aromatic carbocycles. The van der Waals surface area contributed by atoms with Gasteiger partial charge in [0.25, 0.3) is 0 Å². The summed E-state index contributed by atoms with van der Waals surface area (Å²) in [6, 6.07) is 5.15. The van der Waals surface area contributed by atoms with Crippen molar-refractivity contribution in [3.63, 3.8) is 0 Å². The smallest absolute Gasteiger partial charge is 0.198 e. The fraction of sp³-hybridized carbons (Fsp3) is 0.333. The number of benzene rings is 1. The van der Waals surface area contributed by atoms with Gasteiger partial charge in [-0.05, 0) is 0 Å². The van der Waals surface area contributed by atoms with Crippen LogP contribution in [-0.2, 0) is 32.7 Å². The number of rotatable bonds is 0. The maximum Gasteiger partial charge on any atom is 3.00 e. The minimum atomic E-state index is 0. The van der Waals surface area contributed by atoms with E-state index in [-0.39, 0.29) is 32.7 Å². The molecule has 11 heavy (non-hydrogen) atoms. The van der Waals surface area contributed by atoms with Gasteiger partial charge in [0.15, 0.2) is 0 Å². The van der Waals surface area contributed by atoms with Crippen molar-refractivity contribution in [2.75, 3.05) is 0 Å². The SMILES string of the molecule is [B]c1cc(C)[c-]c(C)c1C.[Y+3]. The molecule has 0 bridgehead atoms. The van der Waals surface area contributed by atoms with E-state index in [1.54, 1.807) is 0 Å². The summed E-state index contributed by atoms with van der Waals surface area (Å²) in [7, 11) is 5.70. The van der Waals surface area contributed by atoms with Crippen LogP contribution >= 0.6 is 0 Å².